The van der Waals surface area contributed by atoms with E-state index in [2.05, 4.69) is 15.5 Å². The summed E-state index contributed by atoms with van der Waals surface area (Å²) in [5.41, 5.74) is 2.91. The predicted octanol–water partition coefficient (Wildman–Crippen LogP) is 4.95. The summed E-state index contributed by atoms with van der Waals surface area (Å²) in [5.74, 6) is 1.29. The van der Waals surface area contributed by atoms with Crippen molar-refractivity contribution >= 4 is 23.2 Å². The minimum absolute atomic E-state index is 0.0848. The van der Waals surface area contributed by atoms with Gasteiger partial charge in [-0.15, -0.1) is 0 Å². The van der Waals surface area contributed by atoms with Crippen LogP contribution in [0.4, 0.5) is 11.4 Å². The monoisotopic (exact) mass is 473 g/mol. The molecule has 1 aliphatic carbocycles. The Hall–Kier alpha value is -3.84. The van der Waals surface area contributed by atoms with E-state index in [4.69, 9.17) is 9.47 Å². The summed E-state index contributed by atoms with van der Waals surface area (Å²) >= 11 is 0. The van der Waals surface area contributed by atoms with Crippen LogP contribution in [0.1, 0.15) is 35.7 Å². The number of hydrogen-bond donors (Lipinski definition) is 2. The molecule has 1 fully saturated rings. The molecular formula is C28H31N3O4. The van der Waals surface area contributed by atoms with E-state index < -0.39 is 0 Å². The Morgan fingerprint density at radius 1 is 0.914 bits per heavy atom. The summed E-state index contributed by atoms with van der Waals surface area (Å²) in [5, 5.41) is 5.81. The topological polar surface area (TPSA) is 79.9 Å². The highest BCUT2D eigenvalue weighted by Crippen LogP contribution is 2.30. The molecule has 35 heavy (non-hydrogen) atoms. The number of carbonyl (C=O) groups is 2. The maximum atomic E-state index is 12.8. The number of amides is 2. The third kappa shape index (κ3) is 6.83. The van der Waals surface area contributed by atoms with Gasteiger partial charge in [0.15, 0.2) is 0 Å². The van der Waals surface area contributed by atoms with Crippen molar-refractivity contribution in [1.82, 2.24) is 4.90 Å². The molecule has 1 aliphatic rings. The first kappa shape index (κ1) is 24.3. The Labute approximate surface area is 206 Å². The van der Waals surface area contributed by atoms with Gasteiger partial charge in [-0.25, -0.2) is 0 Å². The van der Waals surface area contributed by atoms with E-state index in [1.807, 2.05) is 43.3 Å². The summed E-state index contributed by atoms with van der Waals surface area (Å²) in [6.07, 6.45) is 2.20. The molecule has 182 valence electrons. The first-order valence-corrected chi connectivity index (χ1v) is 11.9. The SMILES string of the molecule is CCOc1ccc(NC(=O)c2ccc(NC(=O)CN(Cc3ccccc3OC)C3CC3)cc2)cc1. The quantitative estimate of drug-likeness (QED) is 0.412. The minimum atomic E-state index is -0.219. The number of anilines is 2. The number of benzene rings is 3. The van der Waals surface area contributed by atoms with Crippen LogP contribution in [0, 0.1) is 0 Å². The number of ether oxygens (including phenoxy) is 2. The number of hydrogen-bond acceptors (Lipinski definition) is 5. The summed E-state index contributed by atoms with van der Waals surface area (Å²) in [6, 6.07) is 22.4. The number of rotatable bonds is 11. The van der Waals surface area contributed by atoms with Crippen molar-refractivity contribution in [1.29, 1.82) is 0 Å². The molecule has 4 rings (SSSR count). The first-order chi connectivity index (χ1) is 17.1. The van der Waals surface area contributed by atoms with Gasteiger partial charge in [0.2, 0.25) is 5.91 Å². The molecule has 0 heterocycles. The van der Waals surface area contributed by atoms with Crippen molar-refractivity contribution in [2.24, 2.45) is 0 Å². The van der Waals surface area contributed by atoms with E-state index in [0.717, 1.165) is 29.9 Å². The molecule has 7 nitrogen and oxygen atoms in total. The second-order valence-electron chi connectivity index (χ2n) is 8.49. The Morgan fingerprint density at radius 2 is 1.57 bits per heavy atom. The molecule has 0 saturated heterocycles. The van der Waals surface area contributed by atoms with E-state index in [1.165, 1.54) is 0 Å². The van der Waals surface area contributed by atoms with Gasteiger partial charge in [-0.2, -0.15) is 0 Å². The molecule has 0 unspecified atom stereocenters. The van der Waals surface area contributed by atoms with E-state index in [1.54, 1.807) is 43.5 Å². The fourth-order valence-corrected chi connectivity index (χ4v) is 3.90. The lowest BCUT2D eigenvalue weighted by Crippen LogP contribution is -2.34. The van der Waals surface area contributed by atoms with Gasteiger partial charge in [-0.1, -0.05) is 18.2 Å². The highest BCUT2D eigenvalue weighted by molar-refractivity contribution is 6.04. The molecule has 0 aromatic heterocycles. The van der Waals surface area contributed by atoms with Gasteiger partial charge in [0.25, 0.3) is 5.91 Å². The third-order valence-corrected chi connectivity index (χ3v) is 5.83. The highest BCUT2D eigenvalue weighted by Gasteiger charge is 2.30. The average Bonchev–Trinajstić information content (AvgIpc) is 3.71. The summed E-state index contributed by atoms with van der Waals surface area (Å²) in [4.78, 5) is 27.5. The number of nitrogens with one attached hydrogen (secondary N) is 2. The van der Waals surface area contributed by atoms with Crippen molar-refractivity contribution < 1.29 is 19.1 Å². The van der Waals surface area contributed by atoms with E-state index >= 15 is 0 Å². The van der Waals surface area contributed by atoms with Crippen molar-refractivity contribution in [2.75, 3.05) is 30.9 Å². The van der Waals surface area contributed by atoms with Crippen LogP contribution < -0.4 is 20.1 Å². The van der Waals surface area contributed by atoms with Crippen LogP contribution in [0.5, 0.6) is 11.5 Å². The Balaban J connectivity index is 1.31. The Kier molecular flexibility index (Phi) is 8.00. The molecule has 3 aromatic carbocycles. The molecule has 0 atom stereocenters. The first-order valence-electron chi connectivity index (χ1n) is 11.9. The zero-order chi connectivity index (χ0) is 24.6. The zero-order valence-corrected chi connectivity index (χ0v) is 20.1. The fourth-order valence-electron chi connectivity index (χ4n) is 3.90. The van der Waals surface area contributed by atoms with Crippen LogP contribution in [0.3, 0.4) is 0 Å². The molecule has 2 N–H and O–H groups in total. The van der Waals surface area contributed by atoms with Gasteiger partial charge in [-0.3, -0.25) is 14.5 Å². The minimum Gasteiger partial charge on any atom is -0.496 e. The second-order valence-corrected chi connectivity index (χ2v) is 8.49. The predicted molar refractivity (Wildman–Crippen MR) is 137 cm³/mol. The van der Waals surface area contributed by atoms with E-state index in [-0.39, 0.29) is 11.8 Å². The molecular weight excluding hydrogens is 442 g/mol. The van der Waals surface area contributed by atoms with E-state index in [9.17, 15) is 9.59 Å². The van der Waals surface area contributed by atoms with E-state index in [0.29, 0.717) is 42.7 Å². The van der Waals surface area contributed by atoms with Crippen LogP contribution >= 0.6 is 0 Å². The van der Waals surface area contributed by atoms with Crippen LogP contribution in [0.2, 0.25) is 0 Å². The molecule has 0 bridgehead atoms. The number of nitrogens with zero attached hydrogens (tertiary/aromatic N) is 1. The fraction of sp³-hybridized carbons (Fsp3) is 0.286. The van der Waals surface area contributed by atoms with Gasteiger partial charge in [0.05, 0.1) is 20.3 Å². The van der Waals surface area contributed by atoms with Crippen LogP contribution in [-0.4, -0.2) is 43.0 Å². The lowest BCUT2D eigenvalue weighted by molar-refractivity contribution is -0.117. The molecule has 0 radical (unpaired) electrons. The molecule has 0 aliphatic heterocycles. The lowest BCUT2D eigenvalue weighted by Gasteiger charge is -2.22. The molecule has 0 spiro atoms. The zero-order valence-electron chi connectivity index (χ0n) is 20.1. The summed E-state index contributed by atoms with van der Waals surface area (Å²) in [6.45, 7) is 3.47. The number of para-hydroxylation sites is 1. The molecule has 2 amide bonds. The van der Waals surface area contributed by atoms with Gasteiger partial charge in [0.1, 0.15) is 11.5 Å². The standard InChI is InChI=1S/C28H31N3O4/c1-3-35-25-16-12-23(13-17-25)30-28(33)20-8-10-22(11-9-20)29-27(32)19-31(24-14-15-24)18-21-6-4-5-7-26(21)34-2/h4-13,16-17,24H,3,14-15,18-19H2,1-2H3,(H,29,32)(H,30,33). The van der Waals surface area contributed by atoms with Crippen molar-refractivity contribution in [3.05, 3.63) is 83.9 Å². The van der Waals surface area contributed by atoms with Gasteiger partial charge in [-0.05, 0) is 74.4 Å². The Bertz CT molecular complexity index is 1140. The third-order valence-electron chi connectivity index (χ3n) is 5.83. The number of carbonyl (C=O) groups excluding carboxylic acids is 2. The normalized spacial score (nSPS) is 12.8. The Morgan fingerprint density at radius 3 is 2.23 bits per heavy atom. The second kappa shape index (κ2) is 11.5. The molecule has 3 aromatic rings. The van der Waals surface area contributed by atoms with Crippen LogP contribution in [0.25, 0.3) is 0 Å². The smallest absolute Gasteiger partial charge is 0.255 e. The van der Waals surface area contributed by atoms with Crippen molar-refractivity contribution in [3.63, 3.8) is 0 Å². The van der Waals surface area contributed by atoms with Crippen molar-refractivity contribution in [2.45, 2.75) is 32.4 Å². The highest BCUT2D eigenvalue weighted by atomic mass is 16.5. The van der Waals surface area contributed by atoms with Crippen molar-refractivity contribution in [3.8, 4) is 11.5 Å². The average molecular weight is 474 g/mol. The van der Waals surface area contributed by atoms with Gasteiger partial charge >= 0.3 is 0 Å². The maximum absolute atomic E-state index is 12.8. The van der Waals surface area contributed by atoms with Crippen LogP contribution in [-0.2, 0) is 11.3 Å². The summed E-state index contributed by atoms with van der Waals surface area (Å²) in [7, 11) is 1.66. The lowest BCUT2D eigenvalue weighted by atomic mass is 10.1. The van der Waals surface area contributed by atoms with Crippen LogP contribution in [0.15, 0.2) is 72.8 Å². The molecule has 7 heteroatoms. The maximum Gasteiger partial charge on any atom is 0.255 e. The largest absolute Gasteiger partial charge is 0.496 e. The number of methoxy groups -OCH3 is 1. The molecule has 1 saturated carbocycles. The summed E-state index contributed by atoms with van der Waals surface area (Å²) < 4.78 is 10.9. The van der Waals surface area contributed by atoms with Gasteiger partial charge in [0, 0.05) is 35.1 Å². The van der Waals surface area contributed by atoms with Gasteiger partial charge < -0.3 is 20.1 Å².